The summed E-state index contributed by atoms with van der Waals surface area (Å²) in [5.41, 5.74) is 7.47. The molecule has 0 fully saturated rings. The van der Waals surface area contributed by atoms with Crippen LogP contribution in [0.15, 0.2) is 36.7 Å². The van der Waals surface area contributed by atoms with Gasteiger partial charge in [-0.3, -0.25) is 4.98 Å². The van der Waals surface area contributed by atoms with Crippen molar-refractivity contribution >= 4 is 11.4 Å². The number of rotatable bonds is 3. The largest absolute Gasteiger partial charge is 0.396 e. The lowest BCUT2D eigenvalue weighted by Gasteiger charge is -2.21. The van der Waals surface area contributed by atoms with Crippen LogP contribution in [0.2, 0.25) is 0 Å². The molecule has 0 saturated heterocycles. The summed E-state index contributed by atoms with van der Waals surface area (Å²) in [6, 6.07) is 5.29. The zero-order valence-electron chi connectivity index (χ0n) is 9.90. The van der Waals surface area contributed by atoms with E-state index in [4.69, 9.17) is 5.73 Å². The van der Waals surface area contributed by atoms with Gasteiger partial charge in [0.25, 0.3) is 0 Å². The van der Waals surface area contributed by atoms with Crippen LogP contribution in [-0.4, -0.2) is 12.0 Å². The summed E-state index contributed by atoms with van der Waals surface area (Å²) in [6.07, 6.45) is 3.15. The molecule has 0 bridgehead atoms. The summed E-state index contributed by atoms with van der Waals surface area (Å²) in [6.45, 7) is 0.306. The number of aromatic nitrogens is 1. The van der Waals surface area contributed by atoms with E-state index in [1.54, 1.807) is 24.2 Å². The first kappa shape index (κ1) is 12.3. The van der Waals surface area contributed by atoms with E-state index in [0.717, 1.165) is 11.8 Å². The fourth-order valence-electron chi connectivity index (χ4n) is 1.74. The maximum Gasteiger partial charge on any atom is 0.131 e. The number of hydrogen-bond acceptors (Lipinski definition) is 3. The smallest absolute Gasteiger partial charge is 0.131 e. The van der Waals surface area contributed by atoms with Crippen molar-refractivity contribution in [3.05, 3.63) is 53.9 Å². The molecule has 2 rings (SSSR count). The minimum absolute atomic E-state index is 0.306. The molecule has 0 unspecified atom stereocenters. The number of nitrogens with two attached hydrogens (primary N) is 1. The Balaban J connectivity index is 2.21. The van der Waals surface area contributed by atoms with E-state index >= 15 is 0 Å². The Morgan fingerprint density at radius 1 is 1.28 bits per heavy atom. The summed E-state index contributed by atoms with van der Waals surface area (Å²) >= 11 is 0. The van der Waals surface area contributed by atoms with Crippen LogP contribution in [0, 0.1) is 11.6 Å². The third-order valence-electron chi connectivity index (χ3n) is 2.66. The lowest BCUT2D eigenvalue weighted by Crippen LogP contribution is -2.18. The molecule has 5 heteroatoms. The van der Waals surface area contributed by atoms with Gasteiger partial charge in [-0.1, -0.05) is 6.07 Å². The summed E-state index contributed by atoms with van der Waals surface area (Å²) in [5.74, 6) is -1.14. The predicted octanol–water partition coefficient (Wildman–Crippen LogP) is 2.58. The minimum atomic E-state index is -0.581. The van der Waals surface area contributed by atoms with Crippen molar-refractivity contribution in [1.82, 2.24) is 4.98 Å². The molecule has 3 nitrogen and oxygen atoms in total. The number of nitrogen functional groups attached to an aromatic ring is 1. The van der Waals surface area contributed by atoms with Crippen LogP contribution in [-0.2, 0) is 6.54 Å². The number of nitrogens with zero attached hydrogens (tertiary/aromatic N) is 2. The first-order valence-electron chi connectivity index (χ1n) is 5.42. The van der Waals surface area contributed by atoms with Gasteiger partial charge in [0.15, 0.2) is 0 Å². The first-order chi connectivity index (χ1) is 8.58. The van der Waals surface area contributed by atoms with E-state index in [9.17, 15) is 8.78 Å². The van der Waals surface area contributed by atoms with Crippen LogP contribution in [0.4, 0.5) is 20.2 Å². The molecule has 94 valence electrons. The molecule has 0 aliphatic carbocycles. The van der Waals surface area contributed by atoms with Gasteiger partial charge in [-0.15, -0.1) is 0 Å². The molecular formula is C13H13F2N3. The first-order valence-corrected chi connectivity index (χ1v) is 5.42. The molecule has 0 amide bonds. The van der Waals surface area contributed by atoms with Gasteiger partial charge in [-0.2, -0.15) is 0 Å². The number of benzene rings is 1. The van der Waals surface area contributed by atoms with E-state index < -0.39 is 11.6 Å². The third kappa shape index (κ3) is 2.56. The lowest BCUT2D eigenvalue weighted by atomic mass is 10.2. The van der Waals surface area contributed by atoms with Crippen molar-refractivity contribution < 1.29 is 8.78 Å². The second kappa shape index (κ2) is 5.00. The quantitative estimate of drug-likeness (QED) is 0.909. The highest BCUT2D eigenvalue weighted by Crippen LogP contribution is 2.22. The average Bonchev–Trinajstić information content (AvgIpc) is 2.33. The Kier molecular flexibility index (Phi) is 3.41. The molecule has 18 heavy (non-hydrogen) atoms. The van der Waals surface area contributed by atoms with Gasteiger partial charge in [0.2, 0.25) is 0 Å². The fourth-order valence-corrected chi connectivity index (χ4v) is 1.74. The Bertz CT molecular complexity index is 558. The van der Waals surface area contributed by atoms with Crippen molar-refractivity contribution in [3.8, 4) is 0 Å². The molecule has 0 aliphatic heterocycles. The molecule has 0 aliphatic rings. The fraction of sp³-hybridized carbons (Fsp3) is 0.154. The second-order valence-corrected chi connectivity index (χ2v) is 4.03. The Morgan fingerprint density at radius 3 is 2.72 bits per heavy atom. The van der Waals surface area contributed by atoms with E-state index in [2.05, 4.69) is 4.98 Å². The van der Waals surface area contributed by atoms with Crippen LogP contribution in [0.25, 0.3) is 0 Å². The van der Waals surface area contributed by atoms with Crippen LogP contribution >= 0.6 is 0 Å². The van der Waals surface area contributed by atoms with Crippen molar-refractivity contribution in [2.24, 2.45) is 0 Å². The van der Waals surface area contributed by atoms with E-state index in [-0.39, 0.29) is 0 Å². The SMILES string of the molecule is CN(Cc1ccc(F)cc1F)c1ccncc1N. The molecule has 0 radical (unpaired) electrons. The zero-order valence-corrected chi connectivity index (χ0v) is 9.90. The molecule has 1 heterocycles. The maximum absolute atomic E-state index is 13.5. The van der Waals surface area contributed by atoms with E-state index in [1.807, 2.05) is 0 Å². The third-order valence-corrected chi connectivity index (χ3v) is 2.66. The molecule has 0 spiro atoms. The molecule has 0 atom stereocenters. The standard InChI is InChI=1S/C13H13F2N3/c1-18(13-4-5-17-7-12(13)16)8-9-2-3-10(14)6-11(9)15/h2-7H,8,16H2,1H3. The van der Waals surface area contributed by atoms with E-state index in [0.29, 0.717) is 17.8 Å². The zero-order chi connectivity index (χ0) is 13.1. The lowest BCUT2D eigenvalue weighted by molar-refractivity contribution is 0.571. The van der Waals surface area contributed by atoms with Crippen LogP contribution < -0.4 is 10.6 Å². The highest BCUT2D eigenvalue weighted by atomic mass is 19.1. The molecular weight excluding hydrogens is 236 g/mol. The molecule has 2 aromatic rings. The van der Waals surface area contributed by atoms with Gasteiger partial charge >= 0.3 is 0 Å². The van der Waals surface area contributed by atoms with Crippen LogP contribution in [0.5, 0.6) is 0 Å². The van der Waals surface area contributed by atoms with Crippen molar-refractivity contribution in [1.29, 1.82) is 0 Å². The maximum atomic E-state index is 13.5. The van der Waals surface area contributed by atoms with Gasteiger partial charge in [-0.25, -0.2) is 8.78 Å². The topological polar surface area (TPSA) is 42.2 Å². The Labute approximate surface area is 104 Å². The Morgan fingerprint density at radius 2 is 2.06 bits per heavy atom. The predicted molar refractivity (Wildman–Crippen MR) is 67.1 cm³/mol. The summed E-state index contributed by atoms with van der Waals surface area (Å²) in [7, 11) is 1.79. The molecule has 1 aromatic heterocycles. The van der Waals surface area contributed by atoms with Crippen LogP contribution in [0.1, 0.15) is 5.56 Å². The van der Waals surface area contributed by atoms with Crippen LogP contribution in [0.3, 0.4) is 0 Å². The number of halogens is 2. The highest BCUT2D eigenvalue weighted by Gasteiger charge is 2.09. The van der Waals surface area contributed by atoms with Crippen molar-refractivity contribution in [2.45, 2.75) is 6.54 Å². The van der Waals surface area contributed by atoms with Crippen molar-refractivity contribution in [3.63, 3.8) is 0 Å². The number of pyridine rings is 1. The summed E-state index contributed by atoms with van der Waals surface area (Å²) in [5, 5.41) is 0. The number of anilines is 2. The molecule has 0 saturated carbocycles. The molecule has 2 N–H and O–H groups in total. The van der Waals surface area contributed by atoms with Gasteiger partial charge in [0.05, 0.1) is 17.6 Å². The van der Waals surface area contributed by atoms with Gasteiger partial charge in [-0.05, 0) is 12.1 Å². The monoisotopic (exact) mass is 249 g/mol. The second-order valence-electron chi connectivity index (χ2n) is 4.03. The summed E-state index contributed by atoms with van der Waals surface area (Å²) in [4.78, 5) is 5.67. The minimum Gasteiger partial charge on any atom is -0.396 e. The molecule has 1 aromatic carbocycles. The average molecular weight is 249 g/mol. The highest BCUT2D eigenvalue weighted by molar-refractivity contribution is 5.65. The van der Waals surface area contributed by atoms with E-state index in [1.165, 1.54) is 18.3 Å². The Hall–Kier alpha value is -2.17. The number of hydrogen-bond donors (Lipinski definition) is 1. The summed E-state index contributed by atoms with van der Waals surface area (Å²) < 4.78 is 26.3. The van der Waals surface area contributed by atoms with Gasteiger partial charge in [0, 0.05) is 31.4 Å². The van der Waals surface area contributed by atoms with Crippen molar-refractivity contribution in [2.75, 3.05) is 17.7 Å². The normalized spacial score (nSPS) is 10.4. The van der Waals surface area contributed by atoms with Gasteiger partial charge in [0.1, 0.15) is 11.6 Å². The van der Waals surface area contributed by atoms with Gasteiger partial charge < -0.3 is 10.6 Å².